The Kier molecular flexibility index (Phi) is 7.69. The number of aromatic nitrogens is 7. The molecular weight excluding hydrogens is 572 g/mol. The predicted molar refractivity (Wildman–Crippen MR) is 153 cm³/mol. The van der Waals surface area contributed by atoms with Crippen LogP contribution in [0.1, 0.15) is 61.1 Å². The van der Waals surface area contributed by atoms with E-state index >= 15 is 0 Å². The molecule has 0 bridgehead atoms. The SMILES string of the molecule is CC(C)(C)c1csc(NC(=O)c2ccn3c(=O)c(C=Cc4nnn[nH]4)c(N4CCC[C@@H](OS(N)(=O)=O)C4)nc3c2)n1. The Morgan fingerprint density at radius 3 is 2.78 bits per heavy atom. The van der Waals surface area contributed by atoms with Crippen molar-refractivity contribution in [3.05, 3.63) is 56.7 Å². The summed E-state index contributed by atoms with van der Waals surface area (Å²) < 4.78 is 29.4. The summed E-state index contributed by atoms with van der Waals surface area (Å²) in [6.45, 7) is 6.72. The van der Waals surface area contributed by atoms with Gasteiger partial charge in [0.05, 0.1) is 17.4 Å². The number of hydrogen-bond acceptors (Lipinski definition) is 12. The number of carbonyl (C=O) groups is 1. The average Bonchev–Trinajstić information content (AvgIpc) is 3.59. The van der Waals surface area contributed by atoms with Gasteiger partial charge in [0.15, 0.2) is 11.0 Å². The van der Waals surface area contributed by atoms with E-state index in [0.29, 0.717) is 30.3 Å². The van der Waals surface area contributed by atoms with Crippen molar-refractivity contribution in [2.24, 2.45) is 5.14 Å². The third-order valence-electron chi connectivity index (χ3n) is 6.32. The molecule has 4 aromatic heterocycles. The summed E-state index contributed by atoms with van der Waals surface area (Å²) in [5, 5.41) is 23.7. The second-order valence-electron chi connectivity index (χ2n) is 10.5. The Labute approximate surface area is 238 Å². The minimum atomic E-state index is -4.17. The topological polar surface area (TPSA) is 203 Å². The average molecular weight is 601 g/mol. The molecule has 5 rings (SSSR count). The summed E-state index contributed by atoms with van der Waals surface area (Å²) in [4.78, 5) is 37.7. The molecule has 0 aromatic carbocycles. The van der Waals surface area contributed by atoms with Gasteiger partial charge in [-0.25, -0.2) is 20.2 Å². The number of nitrogens with two attached hydrogens (primary N) is 1. The number of thiazole rings is 1. The van der Waals surface area contributed by atoms with E-state index in [-0.39, 0.29) is 34.6 Å². The lowest BCUT2D eigenvalue weighted by atomic mass is 9.93. The molecule has 1 aliphatic rings. The van der Waals surface area contributed by atoms with Gasteiger partial charge < -0.3 is 4.90 Å². The van der Waals surface area contributed by atoms with Gasteiger partial charge in [-0.1, -0.05) is 20.8 Å². The van der Waals surface area contributed by atoms with Crippen LogP contribution in [0.4, 0.5) is 10.9 Å². The quantitative estimate of drug-likeness (QED) is 0.278. The standard InChI is InChI=1S/C24H28N10O5S2/c1-24(2,3)17-13-40-23(26-17)28-21(35)14-8-10-34-19(11-14)27-20(16(22(34)36)6-7-18-29-31-32-30-18)33-9-4-5-15(12-33)39-41(25,37)38/h6-8,10-11,13,15H,4-5,9,12H2,1-3H3,(H2,25,37,38)(H,26,28,35)(H,29,30,31,32)/t15-/m1/s1. The normalized spacial score (nSPS) is 16.5. The van der Waals surface area contributed by atoms with Gasteiger partial charge in [0.25, 0.3) is 11.5 Å². The summed E-state index contributed by atoms with van der Waals surface area (Å²) in [5.41, 5.74) is 1.00. The predicted octanol–water partition coefficient (Wildman–Crippen LogP) is 1.57. The maximum Gasteiger partial charge on any atom is 0.333 e. The first-order chi connectivity index (χ1) is 19.4. The number of H-pyrrole nitrogens is 1. The number of amides is 1. The molecule has 0 radical (unpaired) electrons. The van der Waals surface area contributed by atoms with Crippen LogP contribution in [0.3, 0.4) is 0 Å². The van der Waals surface area contributed by atoms with E-state index in [1.54, 1.807) is 4.90 Å². The van der Waals surface area contributed by atoms with Crippen molar-refractivity contribution in [2.75, 3.05) is 23.3 Å². The molecule has 4 aromatic rings. The lowest BCUT2D eigenvalue weighted by molar-refractivity contribution is 0.102. The first kappa shape index (κ1) is 28.5. The van der Waals surface area contributed by atoms with Crippen LogP contribution >= 0.6 is 11.3 Å². The second-order valence-corrected chi connectivity index (χ2v) is 12.5. The van der Waals surface area contributed by atoms with E-state index in [1.807, 2.05) is 26.2 Å². The molecule has 5 heterocycles. The largest absolute Gasteiger partial charge is 0.353 e. The smallest absolute Gasteiger partial charge is 0.333 e. The molecule has 1 aliphatic heterocycles. The highest BCUT2D eigenvalue weighted by Gasteiger charge is 2.27. The van der Waals surface area contributed by atoms with Crippen molar-refractivity contribution >= 4 is 56.3 Å². The Balaban J connectivity index is 1.52. The van der Waals surface area contributed by atoms with Gasteiger partial charge in [-0.3, -0.25) is 23.5 Å². The monoisotopic (exact) mass is 600 g/mol. The molecule has 1 saturated heterocycles. The molecule has 17 heteroatoms. The van der Waals surface area contributed by atoms with Crippen LogP contribution < -0.4 is 20.9 Å². The number of nitrogens with zero attached hydrogens (tertiary/aromatic N) is 7. The minimum Gasteiger partial charge on any atom is -0.353 e. The van der Waals surface area contributed by atoms with Crippen molar-refractivity contribution in [3.63, 3.8) is 0 Å². The summed E-state index contributed by atoms with van der Waals surface area (Å²) in [5.74, 6) is 0.201. The highest BCUT2D eigenvalue weighted by Crippen LogP contribution is 2.27. The van der Waals surface area contributed by atoms with Crippen LogP contribution in [0.25, 0.3) is 17.8 Å². The lowest BCUT2D eigenvalue weighted by Gasteiger charge is -2.33. The first-order valence-electron chi connectivity index (χ1n) is 12.6. The molecule has 41 heavy (non-hydrogen) atoms. The molecule has 0 spiro atoms. The summed E-state index contributed by atoms with van der Waals surface area (Å²) in [6.07, 6.45) is 4.85. The van der Waals surface area contributed by atoms with Gasteiger partial charge in [-0.05, 0) is 47.6 Å². The number of carbonyl (C=O) groups excluding carboxylic acids is 1. The highest BCUT2D eigenvalue weighted by molar-refractivity contribution is 7.84. The Hall–Kier alpha value is -4.06. The number of fused-ring (bicyclic) bond motifs is 1. The zero-order valence-electron chi connectivity index (χ0n) is 22.4. The van der Waals surface area contributed by atoms with E-state index in [2.05, 4.69) is 30.9 Å². The maximum absolute atomic E-state index is 13.7. The number of anilines is 2. The van der Waals surface area contributed by atoms with Crippen LogP contribution in [-0.4, -0.2) is 68.5 Å². The fraction of sp³-hybridized carbons (Fsp3) is 0.375. The van der Waals surface area contributed by atoms with Crippen LogP contribution in [0.15, 0.2) is 28.5 Å². The Bertz CT molecular complexity index is 1770. The van der Waals surface area contributed by atoms with Crippen LogP contribution in [-0.2, 0) is 19.9 Å². The number of tetrazole rings is 1. The Morgan fingerprint density at radius 2 is 2.10 bits per heavy atom. The van der Waals surface area contributed by atoms with Crippen molar-refractivity contribution in [1.82, 2.24) is 35.0 Å². The van der Waals surface area contributed by atoms with E-state index in [4.69, 9.17) is 14.3 Å². The zero-order chi connectivity index (χ0) is 29.4. The van der Waals surface area contributed by atoms with E-state index in [9.17, 15) is 18.0 Å². The summed E-state index contributed by atoms with van der Waals surface area (Å²) in [6, 6.07) is 3.03. The summed E-state index contributed by atoms with van der Waals surface area (Å²) >= 11 is 1.33. The molecule has 1 atom stereocenters. The molecule has 4 N–H and O–H groups in total. The van der Waals surface area contributed by atoms with Crippen LogP contribution in [0, 0.1) is 0 Å². The molecule has 1 fully saturated rings. The van der Waals surface area contributed by atoms with Crippen molar-refractivity contribution in [3.8, 4) is 0 Å². The van der Waals surface area contributed by atoms with Gasteiger partial charge >= 0.3 is 10.3 Å². The van der Waals surface area contributed by atoms with E-state index < -0.39 is 27.9 Å². The van der Waals surface area contributed by atoms with Gasteiger partial charge in [0, 0.05) is 35.6 Å². The molecule has 0 unspecified atom stereocenters. The number of hydrogen-bond donors (Lipinski definition) is 3. The molecule has 1 amide bonds. The van der Waals surface area contributed by atoms with Crippen molar-refractivity contribution in [2.45, 2.75) is 45.1 Å². The van der Waals surface area contributed by atoms with E-state index in [1.165, 1.54) is 46.2 Å². The number of piperidine rings is 1. The first-order valence-corrected chi connectivity index (χ1v) is 14.9. The molecule has 216 valence electrons. The molecular formula is C24H28N10O5S2. The third-order valence-corrected chi connectivity index (χ3v) is 7.62. The zero-order valence-corrected chi connectivity index (χ0v) is 24.1. The third kappa shape index (κ3) is 6.64. The molecule has 15 nitrogen and oxygen atoms in total. The number of nitrogens with one attached hydrogen (secondary N) is 2. The molecule has 0 saturated carbocycles. The fourth-order valence-electron chi connectivity index (χ4n) is 4.31. The van der Waals surface area contributed by atoms with Crippen LogP contribution in [0.2, 0.25) is 0 Å². The van der Waals surface area contributed by atoms with E-state index in [0.717, 1.165) is 5.69 Å². The van der Waals surface area contributed by atoms with Gasteiger partial charge in [0.1, 0.15) is 11.5 Å². The van der Waals surface area contributed by atoms with Gasteiger partial charge in [0.2, 0.25) is 0 Å². The van der Waals surface area contributed by atoms with Crippen LogP contribution in [0.5, 0.6) is 0 Å². The van der Waals surface area contributed by atoms with Gasteiger partial charge in [-0.2, -0.15) is 8.42 Å². The van der Waals surface area contributed by atoms with Crippen molar-refractivity contribution < 1.29 is 17.4 Å². The number of aromatic amines is 1. The summed E-state index contributed by atoms with van der Waals surface area (Å²) in [7, 11) is -4.17. The fourth-order valence-corrected chi connectivity index (χ4v) is 5.78. The second kappa shape index (κ2) is 11.1. The van der Waals surface area contributed by atoms with Crippen molar-refractivity contribution in [1.29, 1.82) is 0 Å². The minimum absolute atomic E-state index is 0.129. The highest BCUT2D eigenvalue weighted by atomic mass is 32.2. The Morgan fingerprint density at radius 1 is 1.29 bits per heavy atom. The number of pyridine rings is 1. The van der Waals surface area contributed by atoms with Gasteiger partial charge in [-0.15, -0.1) is 16.4 Å². The molecule has 0 aliphatic carbocycles. The maximum atomic E-state index is 13.7. The lowest BCUT2D eigenvalue weighted by Crippen LogP contribution is -2.43. The number of rotatable bonds is 7.